The minimum absolute atomic E-state index is 0.140. The van der Waals surface area contributed by atoms with Crippen molar-refractivity contribution < 1.29 is 13.2 Å². The van der Waals surface area contributed by atoms with Gasteiger partial charge in [-0.05, 0) is 36.2 Å². The third kappa shape index (κ3) is 2.92. The van der Waals surface area contributed by atoms with Gasteiger partial charge in [-0.15, -0.1) is 0 Å². The Morgan fingerprint density at radius 2 is 1.88 bits per heavy atom. The average Bonchev–Trinajstić information content (AvgIpc) is 2.99. The molecule has 0 atom stereocenters. The van der Waals surface area contributed by atoms with E-state index >= 15 is 0 Å². The maximum Gasteiger partial charge on any atom is 0.221 e. The van der Waals surface area contributed by atoms with E-state index in [4.69, 9.17) is 0 Å². The van der Waals surface area contributed by atoms with Gasteiger partial charge in [-0.1, -0.05) is 31.2 Å². The van der Waals surface area contributed by atoms with E-state index in [-0.39, 0.29) is 15.8 Å². The summed E-state index contributed by atoms with van der Waals surface area (Å²) in [6.45, 7) is 3.35. The fourth-order valence-electron chi connectivity index (χ4n) is 2.66. The van der Waals surface area contributed by atoms with Crippen molar-refractivity contribution in [2.24, 2.45) is 0 Å². The molecule has 3 rings (SSSR count). The van der Waals surface area contributed by atoms with Crippen molar-refractivity contribution in [1.82, 2.24) is 4.98 Å². The molecule has 1 aromatic heterocycles. The number of hydrogen-bond acceptors (Lipinski definition) is 3. The van der Waals surface area contributed by atoms with Crippen LogP contribution in [-0.4, -0.2) is 19.3 Å². The molecule has 5 nitrogen and oxygen atoms in total. The van der Waals surface area contributed by atoms with Gasteiger partial charge in [0.25, 0.3) is 0 Å². The van der Waals surface area contributed by atoms with E-state index in [1.807, 2.05) is 31.2 Å². The van der Waals surface area contributed by atoms with Crippen molar-refractivity contribution in [2.75, 3.05) is 5.32 Å². The molecule has 24 heavy (non-hydrogen) atoms. The molecule has 0 radical (unpaired) electrons. The van der Waals surface area contributed by atoms with Gasteiger partial charge in [0.05, 0.1) is 4.90 Å². The third-order valence-electron chi connectivity index (χ3n) is 3.88. The molecule has 0 bridgehead atoms. The standard InChI is InChI=1S/C18H18N2O3S/c1-3-13-8-9-15(11-17(13)19-12(2)21)24(22,23)18-10-14-6-4-5-7-16(14)20-18/h4-11,20H,3H2,1-2H3,(H,19,21). The van der Waals surface area contributed by atoms with Crippen molar-refractivity contribution in [1.29, 1.82) is 0 Å². The molecule has 2 N–H and O–H groups in total. The zero-order valence-electron chi connectivity index (χ0n) is 13.5. The lowest BCUT2D eigenvalue weighted by Gasteiger charge is -2.11. The summed E-state index contributed by atoms with van der Waals surface area (Å²) in [6.07, 6.45) is 0.697. The molecule has 0 saturated heterocycles. The minimum atomic E-state index is -3.69. The van der Waals surface area contributed by atoms with Gasteiger partial charge in [-0.25, -0.2) is 8.42 Å². The Balaban J connectivity index is 2.10. The average molecular weight is 342 g/mol. The van der Waals surface area contributed by atoms with Gasteiger partial charge >= 0.3 is 0 Å². The fourth-order valence-corrected chi connectivity index (χ4v) is 3.96. The van der Waals surface area contributed by atoms with Crippen LogP contribution in [0.1, 0.15) is 19.4 Å². The number of benzene rings is 2. The number of H-pyrrole nitrogens is 1. The molecule has 2 aromatic carbocycles. The normalized spacial score (nSPS) is 11.6. The summed E-state index contributed by atoms with van der Waals surface area (Å²) in [6, 6.07) is 13.8. The molecule has 0 aliphatic rings. The Hall–Kier alpha value is -2.60. The van der Waals surface area contributed by atoms with Crippen LogP contribution in [0.15, 0.2) is 58.5 Å². The number of aryl methyl sites for hydroxylation is 1. The second-order valence-corrected chi connectivity index (χ2v) is 7.50. The molecule has 0 fully saturated rings. The van der Waals surface area contributed by atoms with E-state index in [1.54, 1.807) is 18.2 Å². The highest BCUT2D eigenvalue weighted by Crippen LogP contribution is 2.28. The highest BCUT2D eigenvalue weighted by Gasteiger charge is 2.21. The third-order valence-corrected chi connectivity index (χ3v) is 5.55. The number of rotatable bonds is 4. The quantitative estimate of drug-likeness (QED) is 0.761. The zero-order chi connectivity index (χ0) is 17.3. The summed E-state index contributed by atoms with van der Waals surface area (Å²) in [4.78, 5) is 14.5. The number of para-hydroxylation sites is 1. The molecule has 0 saturated carbocycles. The van der Waals surface area contributed by atoms with Gasteiger partial charge in [0.15, 0.2) is 0 Å². The Morgan fingerprint density at radius 3 is 2.54 bits per heavy atom. The van der Waals surface area contributed by atoms with E-state index in [0.717, 1.165) is 16.5 Å². The first kappa shape index (κ1) is 16.3. The first-order valence-electron chi connectivity index (χ1n) is 7.65. The number of anilines is 1. The highest BCUT2D eigenvalue weighted by molar-refractivity contribution is 7.91. The number of aromatic amines is 1. The van der Waals surface area contributed by atoms with Gasteiger partial charge in [0.2, 0.25) is 15.7 Å². The fraction of sp³-hybridized carbons (Fsp3) is 0.167. The van der Waals surface area contributed by atoms with Gasteiger partial charge < -0.3 is 10.3 Å². The molecule has 0 aliphatic carbocycles. The molecule has 0 unspecified atom stereocenters. The first-order chi connectivity index (χ1) is 11.4. The summed E-state index contributed by atoms with van der Waals surface area (Å²) in [5.41, 5.74) is 2.19. The van der Waals surface area contributed by atoms with Crippen LogP contribution in [0, 0.1) is 0 Å². The van der Waals surface area contributed by atoms with Crippen LogP contribution >= 0.6 is 0 Å². The van der Waals surface area contributed by atoms with Crippen LogP contribution in [-0.2, 0) is 21.1 Å². The SMILES string of the molecule is CCc1ccc(S(=O)(=O)c2cc3ccccc3[nH]2)cc1NC(C)=O. The molecule has 124 valence electrons. The Morgan fingerprint density at radius 1 is 1.12 bits per heavy atom. The van der Waals surface area contributed by atoms with E-state index < -0.39 is 9.84 Å². The van der Waals surface area contributed by atoms with Gasteiger partial charge in [-0.3, -0.25) is 4.79 Å². The molecule has 0 aliphatic heterocycles. The summed E-state index contributed by atoms with van der Waals surface area (Å²) >= 11 is 0. The van der Waals surface area contributed by atoms with Crippen LogP contribution in [0.25, 0.3) is 10.9 Å². The molecule has 1 amide bonds. The number of hydrogen-bond donors (Lipinski definition) is 2. The number of fused-ring (bicyclic) bond motifs is 1. The van der Waals surface area contributed by atoms with Crippen molar-refractivity contribution in [3.63, 3.8) is 0 Å². The Kier molecular flexibility index (Phi) is 4.15. The molecular formula is C18H18N2O3S. The Bertz CT molecular complexity index is 987. The minimum Gasteiger partial charge on any atom is -0.345 e. The van der Waals surface area contributed by atoms with Crippen LogP contribution in [0.3, 0.4) is 0 Å². The van der Waals surface area contributed by atoms with Gasteiger partial charge in [0.1, 0.15) is 5.03 Å². The largest absolute Gasteiger partial charge is 0.345 e. The molecular weight excluding hydrogens is 324 g/mol. The monoisotopic (exact) mass is 342 g/mol. The van der Waals surface area contributed by atoms with Crippen molar-refractivity contribution in [2.45, 2.75) is 30.2 Å². The van der Waals surface area contributed by atoms with Gasteiger partial charge in [-0.2, -0.15) is 0 Å². The predicted molar refractivity (Wildman–Crippen MR) is 93.9 cm³/mol. The smallest absolute Gasteiger partial charge is 0.221 e. The lowest BCUT2D eigenvalue weighted by atomic mass is 10.1. The zero-order valence-corrected chi connectivity index (χ0v) is 14.3. The predicted octanol–water partition coefficient (Wildman–Crippen LogP) is 3.52. The number of carbonyl (C=O) groups excluding carboxylic acids is 1. The van der Waals surface area contributed by atoms with Crippen LogP contribution in [0.2, 0.25) is 0 Å². The second-order valence-electron chi connectivity index (χ2n) is 5.58. The number of nitrogens with one attached hydrogen (secondary N) is 2. The van der Waals surface area contributed by atoms with Crippen LogP contribution in [0.4, 0.5) is 5.69 Å². The lowest BCUT2D eigenvalue weighted by Crippen LogP contribution is -2.10. The molecule has 1 heterocycles. The van der Waals surface area contributed by atoms with E-state index in [0.29, 0.717) is 12.1 Å². The van der Waals surface area contributed by atoms with E-state index in [2.05, 4.69) is 10.3 Å². The summed E-state index contributed by atoms with van der Waals surface area (Å²) in [7, 11) is -3.69. The summed E-state index contributed by atoms with van der Waals surface area (Å²) in [5.74, 6) is -0.232. The second kappa shape index (κ2) is 6.13. The van der Waals surface area contributed by atoms with Crippen molar-refractivity contribution >= 4 is 32.3 Å². The number of aromatic nitrogens is 1. The van der Waals surface area contributed by atoms with E-state index in [1.165, 1.54) is 13.0 Å². The first-order valence-corrected chi connectivity index (χ1v) is 9.13. The Labute approximate surface area is 140 Å². The summed E-state index contributed by atoms with van der Waals surface area (Å²) in [5, 5.41) is 3.68. The van der Waals surface area contributed by atoms with Crippen LogP contribution in [0.5, 0.6) is 0 Å². The van der Waals surface area contributed by atoms with Crippen LogP contribution < -0.4 is 5.32 Å². The molecule has 6 heteroatoms. The number of carbonyl (C=O) groups is 1. The van der Waals surface area contributed by atoms with Crippen molar-refractivity contribution in [3.8, 4) is 0 Å². The molecule has 3 aromatic rings. The number of amides is 1. The number of sulfone groups is 1. The molecule has 0 spiro atoms. The van der Waals surface area contributed by atoms with E-state index in [9.17, 15) is 13.2 Å². The topological polar surface area (TPSA) is 79.0 Å². The van der Waals surface area contributed by atoms with Gasteiger partial charge in [0, 0.05) is 23.5 Å². The lowest BCUT2D eigenvalue weighted by molar-refractivity contribution is -0.114. The maximum absolute atomic E-state index is 12.9. The van der Waals surface area contributed by atoms with Crippen molar-refractivity contribution in [3.05, 3.63) is 54.1 Å². The summed E-state index contributed by atoms with van der Waals surface area (Å²) < 4.78 is 25.8. The maximum atomic E-state index is 12.9. The highest BCUT2D eigenvalue weighted by atomic mass is 32.2.